The van der Waals surface area contributed by atoms with Gasteiger partial charge in [-0.25, -0.2) is 0 Å². The number of nitro groups is 1. The molecule has 1 unspecified atom stereocenters. The first-order chi connectivity index (χ1) is 8.32. The van der Waals surface area contributed by atoms with Crippen molar-refractivity contribution in [1.82, 2.24) is 0 Å². The topological polar surface area (TPSA) is 98.3 Å². The van der Waals surface area contributed by atoms with Crippen molar-refractivity contribution in [3.63, 3.8) is 0 Å². The minimum Gasteiger partial charge on any atom is -0.320 e. The average molecular weight is 316 g/mol. The van der Waals surface area contributed by atoms with Crippen molar-refractivity contribution in [3.05, 3.63) is 32.8 Å². The number of carbonyl (C=O) groups excluding carboxylic acids is 1. The molecule has 18 heavy (non-hydrogen) atoms. The Bertz CT molecular complexity index is 477. The summed E-state index contributed by atoms with van der Waals surface area (Å²) in [6.45, 7) is 3.61. The van der Waals surface area contributed by atoms with E-state index >= 15 is 0 Å². The van der Waals surface area contributed by atoms with Gasteiger partial charge in [-0.05, 0) is 18.1 Å². The van der Waals surface area contributed by atoms with E-state index in [1.165, 1.54) is 12.1 Å². The maximum absolute atomic E-state index is 11.7. The van der Waals surface area contributed by atoms with Crippen LogP contribution in [-0.2, 0) is 4.79 Å². The molecule has 0 aromatic heterocycles. The molecule has 0 aliphatic heterocycles. The van der Waals surface area contributed by atoms with Crippen LogP contribution >= 0.6 is 15.9 Å². The number of nitrogens with two attached hydrogens (primary N) is 1. The molecule has 0 fully saturated rings. The van der Waals surface area contributed by atoms with Crippen molar-refractivity contribution < 1.29 is 9.72 Å². The van der Waals surface area contributed by atoms with Crippen LogP contribution in [0.25, 0.3) is 0 Å². The summed E-state index contributed by atoms with van der Waals surface area (Å²) in [5.41, 5.74) is 5.64. The van der Waals surface area contributed by atoms with Crippen LogP contribution in [0.15, 0.2) is 22.7 Å². The van der Waals surface area contributed by atoms with Crippen molar-refractivity contribution in [2.45, 2.75) is 19.9 Å². The molecule has 0 aliphatic rings. The number of amides is 1. The average Bonchev–Trinajstić information content (AvgIpc) is 2.29. The molecule has 0 saturated heterocycles. The van der Waals surface area contributed by atoms with E-state index in [-0.39, 0.29) is 17.3 Å². The van der Waals surface area contributed by atoms with Gasteiger partial charge in [-0.3, -0.25) is 14.9 Å². The lowest BCUT2D eigenvalue weighted by Crippen LogP contribution is -2.39. The number of rotatable bonds is 4. The number of anilines is 1. The molecule has 0 spiro atoms. The second-order valence-corrected chi connectivity index (χ2v) is 5.09. The van der Waals surface area contributed by atoms with Crippen LogP contribution in [-0.4, -0.2) is 16.9 Å². The summed E-state index contributed by atoms with van der Waals surface area (Å²) in [6.07, 6.45) is 0. The van der Waals surface area contributed by atoms with Crippen LogP contribution < -0.4 is 11.1 Å². The van der Waals surface area contributed by atoms with E-state index in [9.17, 15) is 14.9 Å². The van der Waals surface area contributed by atoms with Gasteiger partial charge in [0.15, 0.2) is 0 Å². The van der Waals surface area contributed by atoms with E-state index in [1.54, 1.807) is 19.9 Å². The normalized spacial score (nSPS) is 12.3. The number of hydrogen-bond acceptors (Lipinski definition) is 4. The van der Waals surface area contributed by atoms with Crippen molar-refractivity contribution >= 4 is 33.2 Å². The Morgan fingerprint density at radius 1 is 1.50 bits per heavy atom. The molecule has 0 bridgehead atoms. The highest BCUT2D eigenvalue weighted by Crippen LogP contribution is 2.28. The van der Waals surface area contributed by atoms with Crippen LogP contribution in [0.3, 0.4) is 0 Å². The second kappa shape index (κ2) is 5.92. The highest BCUT2D eigenvalue weighted by atomic mass is 79.9. The van der Waals surface area contributed by atoms with Crippen molar-refractivity contribution in [2.24, 2.45) is 11.7 Å². The van der Waals surface area contributed by atoms with Gasteiger partial charge in [-0.15, -0.1) is 0 Å². The third-order valence-electron chi connectivity index (χ3n) is 2.44. The lowest BCUT2D eigenvalue weighted by atomic mass is 10.0. The van der Waals surface area contributed by atoms with E-state index in [0.717, 1.165) is 0 Å². The van der Waals surface area contributed by atoms with Gasteiger partial charge in [0, 0.05) is 10.5 Å². The van der Waals surface area contributed by atoms with Gasteiger partial charge >= 0.3 is 0 Å². The first-order valence-corrected chi connectivity index (χ1v) is 6.12. The summed E-state index contributed by atoms with van der Waals surface area (Å²) >= 11 is 3.14. The Morgan fingerprint density at radius 3 is 2.61 bits per heavy atom. The van der Waals surface area contributed by atoms with E-state index in [2.05, 4.69) is 21.2 Å². The molecular weight excluding hydrogens is 302 g/mol. The smallest absolute Gasteiger partial charge is 0.293 e. The van der Waals surface area contributed by atoms with Gasteiger partial charge in [0.25, 0.3) is 5.69 Å². The summed E-state index contributed by atoms with van der Waals surface area (Å²) in [4.78, 5) is 22.1. The molecule has 98 valence electrons. The van der Waals surface area contributed by atoms with E-state index in [4.69, 9.17) is 5.73 Å². The Kier molecular flexibility index (Phi) is 4.80. The molecule has 1 rings (SSSR count). The SMILES string of the molecule is CC(C)C(N)C(=O)Nc1ccc(Br)cc1[N+](=O)[O-]. The zero-order valence-corrected chi connectivity index (χ0v) is 11.6. The summed E-state index contributed by atoms with van der Waals surface area (Å²) in [5, 5.41) is 13.3. The largest absolute Gasteiger partial charge is 0.320 e. The van der Waals surface area contributed by atoms with E-state index < -0.39 is 16.9 Å². The number of nitrogens with one attached hydrogen (secondary N) is 1. The molecular formula is C11H14BrN3O3. The monoisotopic (exact) mass is 315 g/mol. The van der Waals surface area contributed by atoms with Crippen LogP contribution in [0.2, 0.25) is 0 Å². The Hall–Kier alpha value is -1.47. The molecule has 0 heterocycles. The fraction of sp³-hybridized carbons (Fsp3) is 0.364. The number of carbonyl (C=O) groups is 1. The maximum Gasteiger partial charge on any atom is 0.293 e. The molecule has 0 saturated carbocycles. The first-order valence-electron chi connectivity index (χ1n) is 5.33. The lowest BCUT2D eigenvalue weighted by Gasteiger charge is -2.15. The number of benzene rings is 1. The predicted octanol–water partition coefficient (Wildman–Crippen LogP) is 2.28. The molecule has 6 nitrogen and oxygen atoms in total. The minimum absolute atomic E-state index is 0.0421. The molecule has 1 aromatic rings. The van der Waals surface area contributed by atoms with Crippen LogP contribution in [0.4, 0.5) is 11.4 Å². The van der Waals surface area contributed by atoms with E-state index in [1.807, 2.05) is 0 Å². The zero-order valence-electron chi connectivity index (χ0n) is 10.0. The predicted molar refractivity (Wildman–Crippen MR) is 72.2 cm³/mol. The van der Waals surface area contributed by atoms with Gasteiger partial charge in [0.1, 0.15) is 5.69 Å². The Balaban J connectivity index is 2.98. The Labute approximate surface area is 113 Å². The summed E-state index contributed by atoms with van der Waals surface area (Å²) in [5.74, 6) is -0.477. The van der Waals surface area contributed by atoms with Crippen molar-refractivity contribution in [1.29, 1.82) is 0 Å². The fourth-order valence-corrected chi connectivity index (χ4v) is 1.63. The maximum atomic E-state index is 11.7. The van der Waals surface area contributed by atoms with Gasteiger partial charge < -0.3 is 11.1 Å². The highest BCUT2D eigenvalue weighted by Gasteiger charge is 2.21. The minimum atomic E-state index is -0.701. The lowest BCUT2D eigenvalue weighted by molar-refractivity contribution is -0.384. The van der Waals surface area contributed by atoms with Crippen LogP contribution in [0.5, 0.6) is 0 Å². The first kappa shape index (κ1) is 14.6. The Morgan fingerprint density at radius 2 is 2.11 bits per heavy atom. The number of nitro benzene ring substituents is 1. The standard InChI is InChI=1S/C11H14BrN3O3/c1-6(2)10(13)11(16)14-8-4-3-7(12)5-9(8)15(17)18/h3-6,10H,13H2,1-2H3,(H,14,16). The highest BCUT2D eigenvalue weighted by molar-refractivity contribution is 9.10. The van der Waals surface area contributed by atoms with Crippen molar-refractivity contribution in [3.8, 4) is 0 Å². The number of hydrogen-bond donors (Lipinski definition) is 2. The fourth-order valence-electron chi connectivity index (χ4n) is 1.28. The molecule has 3 N–H and O–H groups in total. The summed E-state index contributed by atoms with van der Waals surface area (Å²) in [7, 11) is 0. The van der Waals surface area contributed by atoms with Gasteiger partial charge in [-0.2, -0.15) is 0 Å². The molecule has 1 aromatic carbocycles. The number of halogens is 1. The third-order valence-corrected chi connectivity index (χ3v) is 2.93. The summed E-state index contributed by atoms with van der Waals surface area (Å²) in [6, 6.07) is 3.71. The third kappa shape index (κ3) is 3.51. The molecule has 1 atom stereocenters. The van der Waals surface area contributed by atoms with Gasteiger partial charge in [0.05, 0.1) is 11.0 Å². The molecule has 0 aliphatic carbocycles. The van der Waals surface area contributed by atoms with Crippen LogP contribution in [0, 0.1) is 16.0 Å². The summed E-state index contributed by atoms with van der Waals surface area (Å²) < 4.78 is 0.570. The second-order valence-electron chi connectivity index (χ2n) is 4.18. The molecule has 7 heteroatoms. The van der Waals surface area contributed by atoms with Crippen LogP contribution in [0.1, 0.15) is 13.8 Å². The van der Waals surface area contributed by atoms with Gasteiger partial charge in [0.2, 0.25) is 5.91 Å². The quantitative estimate of drug-likeness (QED) is 0.657. The van der Waals surface area contributed by atoms with Gasteiger partial charge in [-0.1, -0.05) is 29.8 Å². The number of nitrogens with zero attached hydrogens (tertiary/aromatic N) is 1. The van der Waals surface area contributed by atoms with E-state index in [0.29, 0.717) is 4.47 Å². The molecule has 1 amide bonds. The van der Waals surface area contributed by atoms with Crippen molar-refractivity contribution in [2.75, 3.05) is 5.32 Å². The molecule has 0 radical (unpaired) electrons. The zero-order chi connectivity index (χ0) is 13.9.